The van der Waals surface area contributed by atoms with Crippen LogP contribution in [-0.2, 0) is 4.74 Å². The highest BCUT2D eigenvalue weighted by Gasteiger charge is 2.20. The second kappa shape index (κ2) is 7.24. The summed E-state index contributed by atoms with van der Waals surface area (Å²) in [5.41, 5.74) is 0. The topological polar surface area (TPSA) is 21.3 Å². The van der Waals surface area contributed by atoms with E-state index in [-0.39, 0.29) is 0 Å². The molecule has 1 aliphatic rings. The zero-order valence-corrected chi connectivity index (χ0v) is 10.6. The summed E-state index contributed by atoms with van der Waals surface area (Å²) in [6.07, 6.45) is 8.70. The number of nitrogens with one attached hydrogen (secondary N) is 1. The lowest BCUT2D eigenvalue weighted by atomic mass is 9.83. The van der Waals surface area contributed by atoms with Gasteiger partial charge in [0, 0.05) is 19.7 Å². The second-order valence-corrected chi connectivity index (χ2v) is 4.96. The lowest BCUT2D eigenvalue weighted by Crippen LogP contribution is -2.37. The molecule has 2 heteroatoms. The molecule has 0 aromatic heterocycles. The minimum Gasteiger partial charge on any atom is -0.380 e. The number of hydrogen-bond acceptors (Lipinski definition) is 2. The van der Waals surface area contributed by atoms with Crippen LogP contribution in [0.5, 0.6) is 0 Å². The maximum Gasteiger partial charge on any atom is 0.0667 e. The van der Waals surface area contributed by atoms with E-state index in [4.69, 9.17) is 4.74 Å². The Kier molecular flexibility index (Phi) is 6.26. The molecule has 2 nitrogen and oxygen atoms in total. The van der Waals surface area contributed by atoms with E-state index in [0.29, 0.717) is 6.10 Å². The highest BCUT2D eigenvalue weighted by atomic mass is 16.5. The maximum absolute atomic E-state index is 5.24. The average molecular weight is 213 g/mol. The van der Waals surface area contributed by atoms with Gasteiger partial charge in [0.1, 0.15) is 0 Å². The van der Waals surface area contributed by atoms with Gasteiger partial charge in [-0.05, 0) is 38.5 Å². The van der Waals surface area contributed by atoms with Crippen LogP contribution in [-0.4, -0.2) is 25.8 Å². The molecule has 90 valence electrons. The third kappa shape index (κ3) is 4.98. The van der Waals surface area contributed by atoms with Gasteiger partial charge in [0.2, 0.25) is 0 Å². The first-order valence-corrected chi connectivity index (χ1v) is 6.52. The van der Waals surface area contributed by atoms with Crippen LogP contribution < -0.4 is 5.32 Å². The van der Waals surface area contributed by atoms with Crippen molar-refractivity contribution in [2.45, 2.75) is 64.5 Å². The summed E-state index contributed by atoms with van der Waals surface area (Å²) in [5.74, 6) is 1.01. The molecule has 0 bridgehead atoms. The van der Waals surface area contributed by atoms with E-state index in [9.17, 15) is 0 Å². The summed E-state index contributed by atoms with van der Waals surface area (Å²) in [5, 5.41) is 3.61. The number of methoxy groups -OCH3 is 1. The van der Waals surface area contributed by atoms with Crippen LogP contribution in [0.15, 0.2) is 0 Å². The van der Waals surface area contributed by atoms with Crippen molar-refractivity contribution in [2.24, 2.45) is 5.92 Å². The Morgan fingerprint density at radius 3 is 2.47 bits per heavy atom. The summed E-state index contributed by atoms with van der Waals surface area (Å²) in [7, 11) is 1.78. The fourth-order valence-electron chi connectivity index (χ4n) is 2.48. The normalized spacial score (nSPS) is 29.0. The minimum atomic E-state index is 0.346. The van der Waals surface area contributed by atoms with Crippen LogP contribution in [0.4, 0.5) is 0 Å². The third-order valence-corrected chi connectivity index (χ3v) is 3.64. The van der Waals surface area contributed by atoms with Crippen molar-refractivity contribution >= 4 is 0 Å². The van der Waals surface area contributed by atoms with E-state index in [2.05, 4.69) is 19.2 Å². The fraction of sp³-hybridized carbons (Fsp3) is 1.00. The molecule has 1 N–H and O–H groups in total. The quantitative estimate of drug-likeness (QED) is 0.732. The molecule has 15 heavy (non-hydrogen) atoms. The van der Waals surface area contributed by atoms with Gasteiger partial charge in [-0.3, -0.25) is 0 Å². The first kappa shape index (κ1) is 13.0. The van der Waals surface area contributed by atoms with E-state index >= 15 is 0 Å². The predicted octanol–water partition coefficient (Wildman–Crippen LogP) is 2.97. The van der Waals surface area contributed by atoms with Crippen LogP contribution in [0.1, 0.15) is 52.4 Å². The molecule has 0 aromatic rings. The van der Waals surface area contributed by atoms with Crippen molar-refractivity contribution in [2.75, 3.05) is 13.7 Å². The number of hydrogen-bond donors (Lipinski definition) is 1. The van der Waals surface area contributed by atoms with E-state index in [1.807, 2.05) is 0 Å². The molecule has 0 spiro atoms. The lowest BCUT2D eigenvalue weighted by Gasteiger charge is -2.29. The van der Waals surface area contributed by atoms with Crippen LogP contribution in [0.25, 0.3) is 0 Å². The number of rotatable bonds is 6. The largest absolute Gasteiger partial charge is 0.380 e. The van der Waals surface area contributed by atoms with Crippen molar-refractivity contribution in [1.29, 1.82) is 0 Å². The Labute approximate surface area is 94.8 Å². The zero-order chi connectivity index (χ0) is 11.1. The van der Waals surface area contributed by atoms with Crippen molar-refractivity contribution in [3.05, 3.63) is 0 Å². The van der Waals surface area contributed by atoms with Crippen molar-refractivity contribution < 1.29 is 4.74 Å². The molecule has 0 heterocycles. The molecule has 1 unspecified atom stereocenters. The van der Waals surface area contributed by atoms with Gasteiger partial charge in [0.05, 0.1) is 6.10 Å². The minimum absolute atomic E-state index is 0.346. The zero-order valence-electron chi connectivity index (χ0n) is 10.6. The van der Waals surface area contributed by atoms with Gasteiger partial charge in [-0.25, -0.2) is 0 Å². The van der Waals surface area contributed by atoms with E-state index in [0.717, 1.165) is 18.5 Å². The monoisotopic (exact) mass is 213 g/mol. The Morgan fingerprint density at radius 2 is 1.93 bits per heavy atom. The second-order valence-electron chi connectivity index (χ2n) is 4.96. The van der Waals surface area contributed by atoms with Gasteiger partial charge < -0.3 is 10.1 Å². The van der Waals surface area contributed by atoms with Gasteiger partial charge >= 0.3 is 0 Å². The summed E-state index contributed by atoms with van der Waals surface area (Å²) in [6, 6.07) is 0.746. The van der Waals surface area contributed by atoms with E-state index in [1.165, 1.54) is 38.5 Å². The molecule has 1 atom stereocenters. The highest BCUT2D eigenvalue weighted by Crippen LogP contribution is 2.27. The van der Waals surface area contributed by atoms with E-state index < -0.39 is 0 Å². The average Bonchev–Trinajstić information content (AvgIpc) is 2.28. The number of ether oxygens (including phenoxy) is 1. The molecule has 0 amide bonds. The summed E-state index contributed by atoms with van der Waals surface area (Å²) in [4.78, 5) is 0. The molecular formula is C13H27NO. The summed E-state index contributed by atoms with van der Waals surface area (Å²) in [6.45, 7) is 5.42. The smallest absolute Gasteiger partial charge is 0.0667 e. The van der Waals surface area contributed by atoms with Gasteiger partial charge in [-0.2, -0.15) is 0 Å². The van der Waals surface area contributed by atoms with Gasteiger partial charge in [0.15, 0.2) is 0 Å². The van der Waals surface area contributed by atoms with E-state index in [1.54, 1.807) is 7.11 Å². The lowest BCUT2D eigenvalue weighted by molar-refractivity contribution is 0.111. The Bertz CT molecular complexity index is 153. The Balaban J connectivity index is 2.09. The molecule has 1 rings (SSSR count). The molecule has 0 aliphatic heterocycles. The van der Waals surface area contributed by atoms with Crippen LogP contribution in [0.2, 0.25) is 0 Å². The SMILES string of the molecule is CCCC1CCC(NCC(C)OC)CC1. The van der Waals surface area contributed by atoms with Gasteiger partial charge in [-0.1, -0.05) is 19.8 Å². The van der Waals surface area contributed by atoms with Crippen LogP contribution >= 0.6 is 0 Å². The molecular weight excluding hydrogens is 186 g/mol. The predicted molar refractivity (Wildman–Crippen MR) is 65.1 cm³/mol. The standard InChI is InChI=1S/C13H27NO/c1-4-5-12-6-8-13(9-7-12)14-10-11(2)15-3/h11-14H,4-10H2,1-3H3. The third-order valence-electron chi connectivity index (χ3n) is 3.64. The highest BCUT2D eigenvalue weighted by molar-refractivity contribution is 4.77. The Morgan fingerprint density at radius 1 is 1.27 bits per heavy atom. The molecule has 0 saturated heterocycles. The van der Waals surface area contributed by atoms with Crippen LogP contribution in [0, 0.1) is 5.92 Å². The van der Waals surface area contributed by atoms with Crippen LogP contribution in [0.3, 0.4) is 0 Å². The molecule has 1 fully saturated rings. The molecule has 1 saturated carbocycles. The Hall–Kier alpha value is -0.0800. The van der Waals surface area contributed by atoms with Crippen molar-refractivity contribution in [3.8, 4) is 0 Å². The van der Waals surface area contributed by atoms with Crippen molar-refractivity contribution in [3.63, 3.8) is 0 Å². The first-order chi connectivity index (χ1) is 7.26. The van der Waals surface area contributed by atoms with Crippen molar-refractivity contribution in [1.82, 2.24) is 5.32 Å². The molecule has 0 radical (unpaired) electrons. The summed E-state index contributed by atoms with van der Waals surface area (Å²) < 4.78 is 5.24. The van der Waals surface area contributed by atoms with Gasteiger partial charge in [-0.15, -0.1) is 0 Å². The fourth-order valence-corrected chi connectivity index (χ4v) is 2.48. The molecule has 1 aliphatic carbocycles. The maximum atomic E-state index is 5.24. The molecule has 0 aromatic carbocycles. The first-order valence-electron chi connectivity index (χ1n) is 6.52. The summed E-state index contributed by atoms with van der Waals surface area (Å²) >= 11 is 0. The van der Waals surface area contributed by atoms with Gasteiger partial charge in [0.25, 0.3) is 0 Å².